The number of rotatable bonds is 4. The molecule has 2 aromatic rings. The van der Waals surface area contributed by atoms with Crippen LogP contribution in [0.25, 0.3) is 0 Å². The number of anilines is 3. The summed E-state index contributed by atoms with van der Waals surface area (Å²) in [5.41, 5.74) is 7.44. The Morgan fingerprint density at radius 2 is 2.05 bits per heavy atom. The SMILES string of the molecule is CCc1nn(C)c(Nc2ccc(N)cc2)c1[N+](=O)[O-]. The fourth-order valence-electron chi connectivity index (χ4n) is 1.84. The van der Waals surface area contributed by atoms with Gasteiger partial charge in [-0.25, -0.2) is 4.68 Å². The molecule has 0 spiro atoms. The third-order valence-corrected chi connectivity index (χ3v) is 2.78. The van der Waals surface area contributed by atoms with Gasteiger partial charge < -0.3 is 11.1 Å². The smallest absolute Gasteiger partial charge is 0.334 e. The molecule has 19 heavy (non-hydrogen) atoms. The van der Waals surface area contributed by atoms with Crippen LogP contribution in [0.3, 0.4) is 0 Å². The van der Waals surface area contributed by atoms with Gasteiger partial charge in [-0.1, -0.05) is 6.92 Å². The lowest BCUT2D eigenvalue weighted by Gasteiger charge is -2.06. The molecule has 3 N–H and O–H groups in total. The molecule has 0 radical (unpaired) electrons. The maximum Gasteiger partial charge on any atom is 0.334 e. The van der Waals surface area contributed by atoms with E-state index in [0.29, 0.717) is 23.6 Å². The number of benzene rings is 1. The standard InChI is InChI=1S/C12H15N5O2/c1-3-10-11(17(18)19)12(16(2)15-10)14-9-6-4-8(13)5-7-9/h4-7,14H,3,13H2,1-2H3. The van der Waals surface area contributed by atoms with Crippen LogP contribution in [-0.2, 0) is 13.5 Å². The van der Waals surface area contributed by atoms with Crippen molar-refractivity contribution in [2.75, 3.05) is 11.1 Å². The van der Waals surface area contributed by atoms with Crippen molar-refractivity contribution in [2.24, 2.45) is 7.05 Å². The Morgan fingerprint density at radius 1 is 1.42 bits per heavy atom. The molecule has 0 unspecified atom stereocenters. The molecule has 0 aliphatic carbocycles. The molecular weight excluding hydrogens is 246 g/mol. The molecule has 0 saturated carbocycles. The van der Waals surface area contributed by atoms with Gasteiger partial charge in [0.05, 0.1) is 4.92 Å². The zero-order chi connectivity index (χ0) is 14.0. The van der Waals surface area contributed by atoms with Gasteiger partial charge in [-0.05, 0) is 30.7 Å². The summed E-state index contributed by atoms with van der Waals surface area (Å²) in [5.74, 6) is 0.367. The van der Waals surface area contributed by atoms with Gasteiger partial charge in [0.15, 0.2) is 0 Å². The van der Waals surface area contributed by atoms with Crippen LogP contribution in [-0.4, -0.2) is 14.7 Å². The van der Waals surface area contributed by atoms with Crippen LogP contribution in [0, 0.1) is 10.1 Å². The molecule has 0 fully saturated rings. The third kappa shape index (κ3) is 2.49. The summed E-state index contributed by atoms with van der Waals surface area (Å²) < 4.78 is 1.48. The van der Waals surface area contributed by atoms with Crippen molar-refractivity contribution in [1.29, 1.82) is 0 Å². The molecule has 7 heteroatoms. The molecule has 2 rings (SSSR count). The van der Waals surface area contributed by atoms with E-state index < -0.39 is 4.92 Å². The second-order valence-electron chi connectivity index (χ2n) is 4.13. The quantitative estimate of drug-likeness (QED) is 0.499. The monoisotopic (exact) mass is 261 g/mol. The Balaban J connectivity index is 2.41. The molecule has 100 valence electrons. The maximum absolute atomic E-state index is 11.2. The molecule has 0 bridgehead atoms. The summed E-state index contributed by atoms with van der Waals surface area (Å²) in [7, 11) is 1.67. The lowest BCUT2D eigenvalue weighted by atomic mass is 10.2. The minimum atomic E-state index is -0.411. The Kier molecular flexibility index (Phi) is 3.37. The topological polar surface area (TPSA) is 99.0 Å². The maximum atomic E-state index is 11.2. The lowest BCUT2D eigenvalue weighted by molar-refractivity contribution is -0.384. The van der Waals surface area contributed by atoms with Crippen molar-refractivity contribution in [3.05, 3.63) is 40.1 Å². The average molecular weight is 261 g/mol. The van der Waals surface area contributed by atoms with E-state index in [9.17, 15) is 10.1 Å². The van der Waals surface area contributed by atoms with Crippen LogP contribution in [0.1, 0.15) is 12.6 Å². The summed E-state index contributed by atoms with van der Waals surface area (Å²) in [6.07, 6.45) is 0.508. The zero-order valence-electron chi connectivity index (χ0n) is 10.8. The number of nitrogen functional groups attached to an aromatic ring is 1. The number of nitrogens with zero attached hydrogens (tertiary/aromatic N) is 3. The minimum absolute atomic E-state index is 0.0156. The van der Waals surface area contributed by atoms with Crippen LogP contribution in [0.4, 0.5) is 22.9 Å². The van der Waals surface area contributed by atoms with Crippen LogP contribution < -0.4 is 11.1 Å². The van der Waals surface area contributed by atoms with Crippen molar-refractivity contribution >= 4 is 22.9 Å². The second-order valence-corrected chi connectivity index (χ2v) is 4.13. The Hall–Kier alpha value is -2.57. The van der Waals surface area contributed by atoms with E-state index in [1.165, 1.54) is 4.68 Å². The highest BCUT2D eigenvalue weighted by molar-refractivity contribution is 5.68. The number of nitrogens with two attached hydrogens (primary N) is 1. The van der Waals surface area contributed by atoms with Gasteiger partial charge >= 0.3 is 5.69 Å². The number of nitrogens with one attached hydrogen (secondary N) is 1. The predicted molar refractivity (Wildman–Crippen MR) is 73.4 cm³/mol. The number of hydrogen-bond donors (Lipinski definition) is 2. The first-order chi connectivity index (χ1) is 9.02. The predicted octanol–water partition coefficient (Wildman–Crippen LogP) is 2.22. The highest BCUT2D eigenvalue weighted by atomic mass is 16.6. The highest BCUT2D eigenvalue weighted by Crippen LogP contribution is 2.31. The molecule has 0 aliphatic heterocycles. The van der Waals surface area contributed by atoms with E-state index >= 15 is 0 Å². The zero-order valence-corrected chi connectivity index (χ0v) is 10.8. The number of aromatic nitrogens is 2. The molecular formula is C12H15N5O2. The molecule has 1 aromatic heterocycles. The number of aryl methyl sites for hydroxylation is 2. The summed E-state index contributed by atoms with van der Waals surface area (Å²) in [6.45, 7) is 1.84. The molecule has 1 aromatic carbocycles. The van der Waals surface area contributed by atoms with Gasteiger partial charge in [0.1, 0.15) is 5.69 Å². The fourth-order valence-corrected chi connectivity index (χ4v) is 1.84. The van der Waals surface area contributed by atoms with Crippen molar-refractivity contribution in [3.8, 4) is 0 Å². The molecule has 1 heterocycles. The Labute approximate surface area is 110 Å². The summed E-state index contributed by atoms with van der Waals surface area (Å²) in [4.78, 5) is 10.7. The van der Waals surface area contributed by atoms with Gasteiger partial charge in [-0.3, -0.25) is 10.1 Å². The van der Waals surface area contributed by atoms with Crippen molar-refractivity contribution in [3.63, 3.8) is 0 Å². The average Bonchev–Trinajstić information content (AvgIpc) is 2.69. The van der Waals surface area contributed by atoms with E-state index in [2.05, 4.69) is 10.4 Å². The highest BCUT2D eigenvalue weighted by Gasteiger charge is 2.25. The largest absolute Gasteiger partial charge is 0.399 e. The first-order valence-electron chi connectivity index (χ1n) is 5.85. The van der Waals surface area contributed by atoms with E-state index in [1.807, 2.05) is 6.92 Å². The van der Waals surface area contributed by atoms with Gasteiger partial charge in [0, 0.05) is 18.4 Å². The summed E-state index contributed by atoms with van der Waals surface area (Å²) in [5, 5.41) is 18.3. The van der Waals surface area contributed by atoms with Gasteiger partial charge in [-0.15, -0.1) is 0 Å². The number of nitro groups is 1. The van der Waals surface area contributed by atoms with Crippen molar-refractivity contribution < 1.29 is 4.92 Å². The number of hydrogen-bond acceptors (Lipinski definition) is 5. The first kappa shape index (κ1) is 12.9. The molecule has 0 aliphatic rings. The van der Waals surface area contributed by atoms with Gasteiger partial charge in [0.25, 0.3) is 0 Å². The minimum Gasteiger partial charge on any atom is -0.399 e. The molecule has 0 saturated heterocycles. The van der Waals surface area contributed by atoms with Crippen LogP contribution in [0.5, 0.6) is 0 Å². The lowest BCUT2D eigenvalue weighted by Crippen LogP contribution is -2.01. The van der Waals surface area contributed by atoms with Crippen LogP contribution in [0.15, 0.2) is 24.3 Å². The Bertz CT molecular complexity index is 603. The Morgan fingerprint density at radius 3 is 2.58 bits per heavy atom. The molecule has 7 nitrogen and oxygen atoms in total. The molecule has 0 atom stereocenters. The fraction of sp³-hybridized carbons (Fsp3) is 0.250. The van der Waals surface area contributed by atoms with Crippen molar-refractivity contribution in [2.45, 2.75) is 13.3 Å². The normalized spacial score (nSPS) is 10.4. The van der Waals surface area contributed by atoms with E-state index in [-0.39, 0.29) is 5.69 Å². The first-order valence-corrected chi connectivity index (χ1v) is 5.85. The van der Waals surface area contributed by atoms with Crippen LogP contribution >= 0.6 is 0 Å². The van der Waals surface area contributed by atoms with E-state index in [4.69, 9.17) is 5.73 Å². The summed E-state index contributed by atoms with van der Waals surface area (Å²) in [6, 6.07) is 6.98. The van der Waals surface area contributed by atoms with Crippen LogP contribution in [0.2, 0.25) is 0 Å². The van der Waals surface area contributed by atoms with E-state index in [1.54, 1.807) is 31.3 Å². The van der Waals surface area contributed by atoms with E-state index in [0.717, 1.165) is 5.69 Å². The molecule has 0 amide bonds. The van der Waals surface area contributed by atoms with Gasteiger partial charge in [-0.2, -0.15) is 5.10 Å². The third-order valence-electron chi connectivity index (χ3n) is 2.78. The second kappa shape index (κ2) is 4.97. The summed E-state index contributed by atoms with van der Waals surface area (Å²) >= 11 is 0. The van der Waals surface area contributed by atoms with Gasteiger partial charge in [0.2, 0.25) is 5.82 Å². The van der Waals surface area contributed by atoms with Crippen molar-refractivity contribution in [1.82, 2.24) is 9.78 Å².